The van der Waals surface area contributed by atoms with Gasteiger partial charge < -0.3 is 14.0 Å². The molecular formula is C16H36O4Si2. The second-order valence-corrected chi connectivity index (χ2v) is 18.7. The zero-order chi connectivity index (χ0) is 18.0. The number of carbonyl (C=O) groups is 1. The molecule has 22 heavy (non-hydrogen) atoms. The minimum atomic E-state index is -1.97. The minimum Gasteiger partial charge on any atom is -0.414 e. The van der Waals surface area contributed by atoms with Gasteiger partial charge in [0.05, 0.1) is 13.2 Å². The second kappa shape index (κ2) is 7.26. The van der Waals surface area contributed by atoms with Crippen molar-refractivity contribution < 1.29 is 18.8 Å². The van der Waals surface area contributed by atoms with Crippen LogP contribution in [0, 0.1) is 0 Å². The number of aliphatic hydroxyl groups excluding tert-OH is 1. The van der Waals surface area contributed by atoms with Crippen molar-refractivity contribution in [2.24, 2.45) is 0 Å². The molecule has 6 heteroatoms. The van der Waals surface area contributed by atoms with Gasteiger partial charge in [0.25, 0.3) is 0 Å². The van der Waals surface area contributed by atoms with E-state index < -0.39 is 22.7 Å². The third-order valence-electron chi connectivity index (χ3n) is 5.16. The number of hydrogen-bond acceptors (Lipinski definition) is 4. The molecule has 0 unspecified atom stereocenters. The Morgan fingerprint density at radius 3 is 1.64 bits per heavy atom. The van der Waals surface area contributed by atoms with Crippen molar-refractivity contribution in [3.63, 3.8) is 0 Å². The van der Waals surface area contributed by atoms with Crippen LogP contribution in [0.1, 0.15) is 41.5 Å². The normalized spacial score (nSPS) is 15.8. The summed E-state index contributed by atoms with van der Waals surface area (Å²) in [5.74, 6) is -0.288. The summed E-state index contributed by atoms with van der Waals surface area (Å²) < 4.78 is 11.8. The fourth-order valence-electron chi connectivity index (χ4n) is 1.16. The summed E-state index contributed by atoms with van der Waals surface area (Å²) in [5, 5.41) is 10.1. The molecule has 0 spiro atoms. The molecule has 0 aromatic heterocycles. The van der Waals surface area contributed by atoms with Crippen molar-refractivity contribution in [3.8, 4) is 0 Å². The molecule has 0 aliphatic heterocycles. The first-order valence-electron chi connectivity index (χ1n) is 8.00. The Morgan fingerprint density at radius 2 is 1.27 bits per heavy atom. The fourth-order valence-corrected chi connectivity index (χ4v) is 3.10. The van der Waals surface area contributed by atoms with Gasteiger partial charge in [0.2, 0.25) is 0 Å². The average molecular weight is 349 g/mol. The summed E-state index contributed by atoms with van der Waals surface area (Å²) in [6.07, 6.45) is -1.10. The molecule has 0 saturated heterocycles. The van der Waals surface area contributed by atoms with E-state index >= 15 is 0 Å². The van der Waals surface area contributed by atoms with Gasteiger partial charge >= 0.3 is 0 Å². The maximum atomic E-state index is 12.1. The molecule has 0 radical (unpaired) electrons. The molecule has 0 aliphatic rings. The summed E-state index contributed by atoms with van der Waals surface area (Å²) in [5.41, 5.74) is 0. The van der Waals surface area contributed by atoms with Gasteiger partial charge in [-0.1, -0.05) is 41.5 Å². The molecular weight excluding hydrogens is 312 g/mol. The molecule has 0 aliphatic carbocycles. The zero-order valence-electron chi connectivity index (χ0n) is 16.2. The molecule has 0 saturated carbocycles. The summed E-state index contributed by atoms with van der Waals surface area (Å²) in [6.45, 7) is 21.2. The third-order valence-corrected chi connectivity index (χ3v) is 14.1. The predicted octanol–water partition coefficient (Wildman–Crippen LogP) is 3.96. The van der Waals surface area contributed by atoms with Gasteiger partial charge in [-0.2, -0.15) is 0 Å². The van der Waals surface area contributed by atoms with Gasteiger partial charge in [-0.05, 0) is 36.3 Å². The van der Waals surface area contributed by atoms with Crippen LogP contribution in [0.2, 0.25) is 36.3 Å². The lowest BCUT2D eigenvalue weighted by molar-refractivity contribution is -0.131. The lowest BCUT2D eigenvalue weighted by Gasteiger charge is -2.37. The van der Waals surface area contributed by atoms with E-state index in [-0.39, 0.29) is 29.1 Å². The summed E-state index contributed by atoms with van der Waals surface area (Å²) in [7, 11) is -3.91. The lowest BCUT2D eigenvalue weighted by Crippen LogP contribution is -2.46. The van der Waals surface area contributed by atoms with Gasteiger partial charge in [0.1, 0.15) is 6.10 Å². The van der Waals surface area contributed by atoms with Crippen LogP contribution in [-0.2, 0) is 13.6 Å². The van der Waals surface area contributed by atoms with E-state index in [0.717, 1.165) is 0 Å². The molecule has 1 atom stereocenters. The predicted molar refractivity (Wildman–Crippen MR) is 97.3 cm³/mol. The van der Waals surface area contributed by atoms with Crippen LogP contribution in [0.15, 0.2) is 0 Å². The fraction of sp³-hybridized carbons (Fsp3) is 0.938. The third kappa shape index (κ3) is 6.24. The number of aliphatic hydroxyl groups is 1. The highest BCUT2D eigenvalue weighted by atomic mass is 28.4. The highest BCUT2D eigenvalue weighted by Crippen LogP contribution is 2.37. The lowest BCUT2D eigenvalue weighted by atomic mass is 10.2. The van der Waals surface area contributed by atoms with Crippen molar-refractivity contribution >= 4 is 22.4 Å². The summed E-state index contributed by atoms with van der Waals surface area (Å²) in [6, 6.07) is 0. The van der Waals surface area contributed by atoms with Gasteiger partial charge in [-0.3, -0.25) is 4.79 Å². The molecule has 0 aromatic carbocycles. The number of carbonyl (C=O) groups excluding carboxylic acids is 1. The van der Waals surface area contributed by atoms with Crippen LogP contribution in [0.4, 0.5) is 0 Å². The van der Waals surface area contributed by atoms with Crippen molar-refractivity contribution in [1.82, 2.24) is 0 Å². The molecule has 4 nitrogen and oxygen atoms in total. The molecule has 0 fully saturated rings. The largest absolute Gasteiger partial charge is 0.414 e. The Morgan fingerprint density at radius 1 is 0.909 bits per heavy atom. The van der Waals surface area contributed by atoms with E-state index in [1.165, 1.54) is 0 Å². The van der Waals surface area contributed by atoms with Crippen LogP contribution in [0.25, 0.3) is 0 Å². The van der Waals surface area contributed by atoms with Crippen molar-refractivity contribution in [2.45, 2.75) is 83.9 Å². The first-order chi connectivity index (χ1) is 9.51. The van der Waals surface area contributed by atoms with E-state index in [9.17, 15) is 9.90 Å². The Hall–Kier alpha value is -0.0162. The molecule has 0 aromatic rings. The van der Waals surface area contributed by atoms with Gasteiger partial charge in [0.15, 0.2) is 22.4 Å². The quantitative estimate of drug-likeness (QED) is 0.708. The van der Waals surface area contributed by atoms with Gasteiger partial charge in [-0.25, -0.2) is 0 Å². The van der Waals surface area contributed by atoms with Gasteiger partial charge in [0, 0.05) is 0 Å². The number of Topliss-reactive ketones (excluding diaryl/α,β-unsaturated/α-hetero) is 1. The minimum absolute atomic E-state index is 0.0292. The van der Waals surface area contributed by atoms with Crippen LogP contribution in [0.3, 0.4) is 0 Å². The van der Waals surface area contributed by atoms with E-state index in [1.807, 2.05) is 0 Å². The van der Waals surface area contributed by atoms with Crippen LogP contribution >= 0.6 is 0 Å². The molecule has 0 bridgehead atoms. The zero-order valence-corrected chi connectivity index (χ0v) is 18.2. The maximum absolute atomic E-state index is 12.1. The maximum Gasteiger partial charge on any atom is 0.192 e. The molecule has 0 rings (SSSR count). The number of ketones is 1. The first-order valence-corrected chi connectivity index (χ1v) is 13.8. The highest BCUT2D eigenvalue weighted by Gasteiger charge is 2.39. The van der Waals surface area contributed by atoms with E-state index in [0.29, 0.717) is 0 Å². The number of rotatable bonds is 7. The van der Waals surface area contributed by atoms with Crippen molar-refractivity contribution in [1.29, 1.82) is 0 Å². The van der Waals surface area contributed by atoms with E-state index in [4.69, 9.17) is 8.85 Å². The average Bonchev–Trinajstić information content (AvgIpc) is 2.30. The Balaban J connectivity index is 4.47. The van der Waals surface area contributed by atoms with Crippen molar-refractivity contribution in [2.75, 3.05) is 13.2 Å². The monoisotopic (exact) mass is 348 g/mol. The van der Waals surface area contributed by atoms with Gasteiger partial charge in [-0.15, -0.1) is 0 Å². The Kier molecular flexibility index (Phi) is 7.25. The molecule has 1 N–H and O–H groups in total. The topological polar surface area (TPSA) is 55.8 Å². The molecule has 0 heterocycles. The summed E-state index contributed by atoms with van der Waals surface area (Å²) in [4.78, 5) is 12.1. The highest BCUT2D eigenvalue weighted by molar-refractivity contribution is 6.74. The first kappa shape index (κ1) is 22.0. The smallest absolute Gasteiger partial charge is 0.192 e. The van der Waals surface area contributed by atoms with E-state index in [1.54, 1.807) is 0 Å². The summed E-state index contributed by atoms with van der Waals surface area (Å²) >= 11 is 0. The Labute approximate surface area is 138 Å². The van der Waals surface area contributed by atoms with E-state index in [2.05, 4.69) is 67.7 Å². The van der Waals surface area contributed by atoms with Crippen LogP contribution in [0.5, 0.6) is 0 Å². The SMILES string of the molecule is CC(C)(C)[Si](C)(C)OCC(=O)[C@@H](O)CO[Si](C)(C)C(C)(C)C. The van der Waals surface area contributed by atoms with Crippen LogP contribution < -0.4 is 0 Å². The second-order valence-electron chi connectivity index (χ2n) is 9.10. The van der Waals surface area contributed by atoms with Crippen LogP contribution in [-0.4, -0.2) is 46.8 Å². The number of hydrogen-bond donors (Lipinski definition) is 1. The molecule has 0 amide bonds. The standard InChI is InChI=1S/C16H36O4Si2/c1-15(2,3)21(7,8)19-11-13(17)14(18)12-20-22(9,10)16(4,5)6/h13,17H,11-12H2,1-10H3/t13-/m0/s1. The van der Waals surface area contributed by atoms with Crippen molar-refractivity contribution in [3.05, 3.63) is 0 Å². The Bertz CT molecular complexity index is 379. The molecule has 132 valence electrons.